The lowest BCUT2D eigenvalue weighted by molar-refractivity contribution is -0.274. The van der Waals surface area contributed by atoms with Crippen molar-refractivity contribution in [3.05, 3.63) is 59.7 Å². The molecule has 0 atom stereocenters. The Kier molecular flexibility index (Phi) is 5.16. The van der Waals surface area contributed by atoms with Gasteiger partial charge in [-0.15, -0.1) is 13.2 Å². The van der Waals surface area contributed by atoms with Crippen LogP contribution in [-0.2, 0) is 4.79 Å². The highest BCUT2D eigenvalue weighted by Gasteiger charge is 2.31. The number of allylic oxidation sites excluding steroid dienone is 1. The molecule has 2 aromatic rings. The quantitative estimate of drug-likeness (QED) is 0.700. The summed E-state index contributed by atoms with van der Waals surface area (Å²) in [4.78, 5) is 12.0. The minimum Gasteiger partial charge on any atom is -0.406 e. The first kappa shape index (κ1) is 18.9. The number of hydrogen-bond donors (Lipinski definition) is 1. The molecule has 2 aromatic carbocycles. The first-order valence-corrected chi connectivity index (χ1v) is 8.08. The molecule has 27 heavy (non-hydrogen) atoms. The van der Waals surface area contributed by atoms with E-state index in [1.54, 1.807) is 6.08 Å². The van der Waals surface area contributed by atoms with Gasteiger partial charge < -0.3 is 10.1 Å². The number of hydrogen-bond acceptors (Lipinski definition) is 2. The molecule has 3 rings (SSSR count). The van der Waals surface area contributed by atoms with Crippen LogP contribution >= 0.6 is 0 Å². The Hall–Kier alpha value is -2.90. The number of anilines is 1. The molecule has 1 N–H and O–H groups in total. The van der Waals surface area contributed by atoms with E-state index in [9.17, 15) is 26.7 Å². The van der Waals surface area contributed by atoms with Crippen molar-refractivity contribution in [2.75, 3.05) is 5.32 Å². The molecular formula is C19H14F5NO2. The van der Waals surface area contributed by atoms with Gasteiger partial charge in [0.1, 0.15) is 23.1 Å². The lowest BCUT2D eigenvalue weighted by Gasteiger charge is -2.12. The Morgan fingerprint density at radius 3 is 2.33 bits per heavy atom. The number of carbonyl (C=O) groups excluding carboxylic acids is 1. The molecule has 0 aliphatic heterocycles. The van der Waals surface area contributed by atoms with Gasteiger partial charge in [-0.2, -0.15) is 0 Å². The number of nitrogens with one attached hydrogen (secondary N) is 1. The lowest BCUT2D eigenvalue weighted by atomic mass is 10.0. The fraction of sp³-hybridized carbons (Fsp3) is 0.211. The van der Waals surface area contributed by atoms with E-state index in [0.29, 0.717) is 12.0 Å². The van der Waals surface area contributed by atoms with Gasteiger partial charge in [0, 0.05) is 5.57 Å². The number of alkyl halides is 3. The summed E-state index contributed by atoms with van der Waals surface area (Å²) in [6.07, 6.45) is -1.07. The van der Waals surface area contributed by atoms with Gasteiger partial charge in [0.25, 0.3) is 5.91 Å². The predicted octanol–water partition coefficient (Wildman–Crippen LogP) is 5.58. The Bertz CT molecular complexity index is 882. The van der Waals surface area contributed by atoms with Crippen LogP contribution in [0.1, 0.15) is 19.3 Å². The van der Waals surface area contributed by atoms with Crippen molar-refractivity contribution in [3.63, 3.8) is 0 Å². The average molecular weight is 383 g/mol. The van der Waals surface area contributed by atoms with Gasteiger partial charge in [0.2, 0.25) is 0 Å². The Labute approximate surface area is 151 Å². The molecule has 1 aliphatic rings. The van der Waals surface area contributed by atoms with Gasteiger partial charge in [-0.05, 0) is 54.7 Å². The maximum absolute atomic E-state index is 14.3. The molecule has 0 saturated heterocycles. The molecule has 0 aromatic heterocycles. The fourth-order valence-electron chi connectivity index (χ4n) is 2.80. The van der Waals surface area contributed by atoms with E-state index >= 15 is 0 Å². The third kappa shape index (κ3) is 4.64. The van der Waals surface area contributed by atoms with Crippen LogP contribution in [0.25, 0.3) is 11.1 Å². The van der Waals surface area contributed by atoms with Crippen LogP contribution in [0.3, 0.4) is 0 Å². The fourth-order valence-corrected chi connectivity index (χ4v) is 2.80. The summed E-state index contributed by atoms with van der Waals surface area (Å²) in [7, 11) is 0. The summed E-state index contributed by atoms with van der Waals surface area (Å²) in [6, 6.07) is 6.63. The summed E-state index contributed by atoms with van der Waals surface area (Å²) in [5.41, 5.74) is 0.00996. The summed E-state index contributed by atoms with van der Waals surface area (Å²) in [5.74, 6) is -3.14. The van der Waals surface area contributed by atoms with E-state index in [2.05, 4.69) is 10.1 Å². The van der Waals surface area contributed by atoms with Crippen molar-refractivity contribution < 1.29 is 31.5 Å². The highest BCUT2D eigenvalue weighted by Crippen LogP contribution is 2.31. The van der Waals surface area contributed by atoms with Crippen LogP contribution in [0.2, 0.25) is 0 Å². The second kappa shape index (κ2) is 7.38. The molecule has 0 heterocycles. The highest BCUT2D eigenvalue weighted by molar-refractivity contribution is 6.04. The average Bonchev–Trinajstić information content (AvgIpc) is 3.11. The predicted molar refractivity (Wildman–Crippen MR) is 89.0 cm³/mol. The second-order valence-electron chi connectivity index (χ2n) is 5.97. The Morgan fingerprint density at radius 2 is 1.74 bits per heavy atom. The van der Waals surface area contributed by atoms with E-state index < -0.39 is 35.3 Å². The number of rotatable bonds is 4. The normalized spacial score (nSPS) is 14.0. The van der Waals surface area contributed by atoms with Crippen LogP contribution in [0, 0.1) is 11.6 Å². The summed E-state index contributed by atoms with van der Waals surface area (Å²) in [6.45, 7) is 0. The molecule has 0 unspecified atom stereocenters. The molecule has 142 valence electrons. The van der Waals surface area contributed by atoms with E-state index in [4.69, 9.17) is 0 Å². The van der Waals surface area contributed by atoms with Crippen LogP contribution < -0.4 is 10.1 Å². The lowest BCUT2D eigenvalue weighted by Crippen LogP contribution is -2.17. The molecule has 0 radical (unpaired) electrons. The SMILES string of the molecule is O=C(Nc1c(F)cc(-c2cccc(OC(F)(F)F)c2)cc1F)C1=CCCC1. The molecule has 0 saturated carbocycles. The zero-order valence-corrected chi connectivity index (χ0v) is 13.9. The van der Waals surface area contributed by atoms with Gasteiger partial charge in [-0.1, -0.05) is 18.2 Å². The molecule has 8 heteroatoms. The highest BCUT2D eigenvalue weighted by atomic mass is 19.4. The molecular weight excluding hydrogens is 369 g/mol. The van der Waals surface area contributed by atoms with E-state index in [0.717, 1.165) is 37.1 Å². The molecule has 0 fully saturated rings. The first-order valence-electron chi connectivity index (χ1n) is 8.08. The standard InChI is InChI=1S/C19H14F5NO2/c20-15-9-13(12-6-3-7-14(8-12)27-19(22,23)24)10-16(21)17(15)25-18(26)11-4-1-2-5-11/h3-4,6-10H,1-2,5H2,(H,25,26). The number of halogens is 5. The second-order valence-corrected chi connectivity index (χ2v) is 5.97. The minimum atomic E-state index is -4.88. The van der Waals surface area contributed by atoms with Crippen LogP contribution in [0.4, 0.5) is 27.6 Å². The van der Waals surface area contributed by atoms with Crippen molar-refractivity contribution in [2.45, 2.75) is 25.6 Å². The monoisotopic (exact) mass is 383 g/mol. The maximum atomic E-state index is 14.3. The zero-order chi connectivity index (χ0) is 19.6. The van der Waals surface area contributed by atoms with E-state index in [-0.39, 0.29) is 11.1 Å². The smallest absolute Gasteiger partial charge is 0.406 e. The molecule has 0 bridgehead atoms. The van der Waals surface area contributed by atoms with Crippen LogP contribution in [0.15, 0.2) is 48.0 Å². The summed E-state index contributed by atoms with van der Waals surface area (Å²) < 4.78 is 69.4. The minimum absolute atomic E-state index is 0.00991. The van der Waals surface area contributed by atoms with Crippen molar-refractivity contribution in [1.29, 1.82) is 0 Å². The Balaban J connectivity index is 1.86. The Morgan fingerprint density at radius 1 is 1.04 bits per heavy atom. The topological polar surface area (TPSA) is 38.3 Å². The van der Waals surface area contributed by atoms with Crippen molar-refractivity contribution >= 4 is 11.6 Å². The van der Waals surface area contributed by atoms with Gasteiger partial charge in [0.15, 0.2) is 0 Å². The summed E-state index contributed by atoms with van der Waals surface area (Å²) >= 11 is 0. The molecule has 0 spiro atoms. The van der Waals surface area contributed by atoms with Gasteiger partial charge in [0.05, 0.1) is 0 Å². The molecule has 1 aliphatic carbocycles. The van der Waals surface area contributed by atoms with Crippen LogP contribution in [-0.4, -0.2) is 12.3 Å². The molecule has 1 amide bonds. The van der Waals surface area contributed by atoms with Gasteiger partial charge in [-0.3, -0.25) is 4.79 Å². The van der Waals surface area contributed by atoms with E-state index in [1.807, 2.05) is 0 Å². The number of carbonyl (C=O) groups is 1. The van der Waals surface area contributed by atoms with Crippen molar-refractivity contribution in [3.8, 4) is 16.9 Å². The third-order valence-corrected chi connectivity index (χ3v) is 4.01. The van der Waals surface area contributed by atoms with Crippen LogP contribution in [0.5, 0.6) is 5.75 Å². The zero-order valence-electron chi connectivity index (χ0n) is 13.9. The number of ether oxygens (including phenoxy) is 1. The first-order chi connectivity index (χ1) is 12.7. The van der Waals surface area contributed by atoms with Crippen molar-refractivity contribution in [2.24, 2.45) is 0 Å². The van der Waals surface area contributed by atoms with Crippen molar-refractivity contribution in [1.82, 2.24) is 0 Å². The third-order valence-electron chi connectivity index (χ3n) is 4.01. The maximum Gasteiger partial charge on any atom is 0.573 e. The van der Waals surface area contributed by atoms with Gasteiger partial charge >= 0.3 is 6.36 Å². The summed E-state index contributed by atoms with van der Waals surface area (Å²) in [5, 5.41) is 2.21. The van der Waals surface area contributed by atoms with Gasteiger partial charge in [-0.25, -0.2) is 8.78 Å². The molecule has 3 nitrogen and oxygen atoms in total. The largest absolute Gasteiger partial charge is 0.573 e. The van der Waals surface area contributed by atoms with E-state index in [1.165, 1.54) is 12.1 Å². The number of amides is 1. The number of benzene rings is 2.